The Balaban J connectivity index is 2.41. The third-order valence-electron chi connectivity index (χ3n) is 2.92. The van der Waals surface area contributed by atoms with Crippen molar-refractivity contribution in [3.05, 3.63) is 34.9 Å². The maximum absolute atomic E-state index is 10.8. The van der Waals surface area contributed by atoms with Crippen molar-refractivity contribution in [2.24, 2.45) is 5.92 Å². The summed E-state index contributed by atoms with van der Waals surface area (Å²) in [5, 5.41) is 8.87. The smallest absolute Gasteiger partial charge is 0.335 e. The summed E-state index contributed by atoms with van der Waals surface area (Å²) < 4.78 is 5.60. The van der Waals surface area contributed by atoms with Crippen molar-refractivity contribution in [3.8, 4) is 0 Å². The molecular weight excluding hydrogens is 228 g/mol. The average molecular weight is 250 g/mol. The second-order valence-corrected chi connectivity index (χ2v) is 5.04. The van der Waals surface area contributed by atoms with E-state index < -0.39 is 5.97 Å². The summed E-state index contributed by atoms with van der Waals surface area (Å²) in [5.41, 5.74) is 2.36. The molecule has 0 saturated heterocycles. The van der Waals surface area contributed by atoms with Crippen LogP contribution in [-0.4, -0.2) is 17.7 Å². The predicted octanol–water partition coefficient (Wildman–Crippen LogP) is 3.65. The van der Waals surface area contributed by atoms with Crippen molar-refractivity contribution >= 4 is 5.97 Å². The molecule has 0 aliphatic carbocycles. The first-order valence-corrected chi connectivity index (χ1v) is 6.41. The van der Waals surface area contributed by atoms with Gasteiger partial charge in [-0.05, 0) is 48.9 Å². The summed E-state index contributed by atoms with van der Waals surface area (Å²) in [6.07, 6.45) is 2.25. The lowest BCUT2D eigenvalue weighted by molar-refractivity contribution is 0.0696. The molecular formula is C15H22O3. The van der Waals surface area contributed by atoms with Gasteiger partial charge >= 0.3 is 5.97 Å². The third-order valence-corrected chi connectivity index (χ3v) is 2.92. The summed E-state index contributed by atoms with van der Waals surface area (Å²) in [6.45, 7) is 7.64. The van der Waals surface area contributed by atoms with Gasteiger partial charge in [-0.2, -0.15) is 0 Å². The molecule has 0 radical (unpaired) electrons. The predicted molar refractivity (Wildman–Crippen MR) is 71.9 cm³/mol. The molecule has 0 heterocycles. The van der Waals surface area contributed by atoms with E-state index in [1.807, 2.05) is 13.0 Å². The van der Waals surface area contributed by atoms with E-state index in [-0.39, 0.29) is 0 Å². The summed E-state index contributed by atoms with van der Waals surface area (Å²) in [4.78, 5) is 10.8. The number of aryl methyl sites for hydroxylation is 1. The Bertz CT molecular complexity index is 397. The lowest BCUT2D eigenvalue weighted by atomic mass is 10.1. The SMILES string of the molecule is Cc1cc(C(=O)O)ccc1COCCCC(C)C. The fourth-order valence-electron chi connectivity index (χ4n) is 1.77. The highest BCUT2D eigenvalue weighted by Crippen LogP contribution is 2.13. The van der Waals surface area contributed by atoms with Gasteiger partial charge in [0.2, 0.25) is 0 Å². The van der Waals surface area contributed by atoms with E-state index in [1.165, 1.54) is 6.42 Å². The zero-order valence-corrected chi connectivity index (χ0v) is 11.4. The van der Waals surface area contributed by atoms with E-state index in [0.717, 1.165) is 24.2 Å². The molecule has 18 heavy (non-hydrogen) atoms. The average Bonchev–Trinajstić information content (AvgIpc) is 2.29. The molecule has 1 N–H and O–H groups in total. The zero-order chi connectivity index (χ0) is 13.5. The van der Waals surface area contributed by atoms with Crippen LogP contribution in [0.15, 0.2) is 18.2 Å². The van der Waals surface area contributed by atoms with Gasteiger partial charge < -0.3 is 9.84 Å². The number of carboxylic acid groups (broad SMARTS) is 1. The van der Waals surface area contributed by atoms with Crippen LogP contribution in [0.25, 0.3) is 0 Å². The molecule has 0 amide bonds. The van der Waals surface area contributed by atoms with Crippen molar-refractivity contribution < 1.29 is 14.6 Å². The Morgan fingerprint density at radius 2 is 2.11 bits per heavy atom. The minimum atomic E-state index is -0.887. The number of carbonyl (C=O) groups is 1. The van der Waals surface area contributed by atoms with Crippen LogP contribution in [0.4, 0.5) is 0 Å². The maximum atomic E-state index is 10.8. The lowest BCUT2D eigenvalue weighted by Crippen LogP contribution is -2.02. The first-order valence-electron chi connectivity index (χ1n) is 6.41. The molecule has 1 aromatic rings. The van der Waals surface area contributed by atoms with E-state index in [1.54, 1.807) is 12.1 Å². The van der Waals surface area contributed by atoms with Crippen LogP contribution in [0.3, 0.4) is 0 Å². The van der Waals surface area contributed by atoms with Gasteiger partial charge in [-0.15, -0.1) is 0 Å². The Labute approximate surface area is 109 Å². The fraction of sp³-hybridized carbons (Fsp3) is 0.533. The van der Waals surface area contributed by atoms with Gasteiger partial charge in [0.1, 0.15) is 0 Å². The number of carboxylic acids is 1. The third kappa shape index (κ3) is 4.88. The van der Waals surface area contributed by atoms with E-state index in [9.17, 15) is 4.79 Å². The standard InChI is InChI=1S/C15H22O3/c1-11(2)5-4-8-18-10-14-7-6-13(15(16)17)9-12(14)3/h6-7,9,11H,4-5,8,10H2,1-3H3,(H,16,17). The molecule has 0 aliphatic heterocycles. The zero-order valence-electron chi connectivity index (χ0n) is 11.4. The summed E-state index contributed by atoms with van der Waals surface area (Å²) in [5.74, 6) is -0.173. The van der Waals surface area contributed by atoms with Gasteiger partial charge in [-0.25, -0.2) is 4.79 Å². The number of aromatic carboxylic acids is 1. The number of benzene rings is 1. The Morgan fingerprint density at radius 3 is 2.67 bits per heavy atom. The molecule has 0 spiro atoms. The minimum Gasteiger partial charge on any atom is -0.478 e. The molecule has 0 aromatic heterocycles. The number of hydrogen-bond acceptors (Lipinski definition) is 2. The van der Waals surface area contributed by atoms with E-state index in [2.05, 4.69) is 13.8 Å². The normalized spacial score (nSPS) is 10.9. The highest BCUT2D eigenvalue weighted by Gasteiger charge is 2.05. The van der Waals surface area contributed by atoms with Crippen LogP contribution in [0.2, 0.25) is 0 Å². The van der Waals surface area contributed by atoms with E-state index in [4.69, 9.17) is 9.84 Å². The van der Waals surface area contributed by atoms with Crippen LogP contribution in [-0.2, 0) is 11.3 Å². The van der Waals surface area contributed by atoms with E-state index >= 15 is 0 Å². The molecule has 0 fully saturated rings. The van der Waals surface area contributed by atoms with Crippen LogP contribution >= 0.6 is 0 Å². The van der Waals surface area contributed by atoms with Gasteiger partial charge in [0, 0.05) is 6.61 Å². The van der Waals surface area contributed by atoms with Crippen LogP contribution in [0.5, 0.6) is 0 Å². The monoisotopic (exact) mass is 250 g/mol. The van der Waals surface area contributed by atoms with Crippen molar-refractivity contribution in [1.29, 1.82) is 0 Å². The van der Waals surface area contributed by atoms with Gasteiger partial charge in [0.15, 0.2) is 0 Å². The van der Waals surface area contributed by atoms with E-state index in [0.29, 0.717) is 18.1 Å². The molecule has 3 heteroatoms. The van der Waals surface area contributed by atoms with Crippen molar-refractivity contribution in [3.63, 3.8) is 0 Å². The van der Waals surface area contributed by atoms with Crippen molar-refractivity contribution in [2.75, 3.05) is 6.61 Å². The van der Waals surface area contributed by atoms with Crippen LogP contribution in [0.1, 0.15) is 48.2 Å². The number of hydrogen-bond donors (Lipinski definition) is 1. The Morgan fingerprint density at radius 1 is 1.39 bits per heavy atom. The highest BCUT2D eigenvalue weighted by atomic mass is 16.5. The molecule has 0 bridgehead atoms. The quantitative estimate of drug-likeness (QED) is 0.751. The fourth-order valence-corrected chi connectivity index (χ4v) is 1.77. The minimum absolute atomic E-state index is 0.330. The second kappa shape index (κ2) is 7.17. The lowest BCUT2D eigenvalue weighted by Gasteiger charge is -2.09. The Kier molecular flexibility index (Phi) is 5.86. The molecule has 100 valence electrons. The largest absolute Gasteiger partial charge is 0.478 e. The van der Waals surface area contributed by atoms with Gasteiger partial charge in [0.25, 0.3) is 0 Å². The van der Waals surface area contributed by atoms with Gasteiger partial charge in [0.05, 0.1) is 12.2 Å². The maximum Gasteiger partial charge on any atom is 0.335 e. The second-order valence-electron chi connectivity index (χ2n) is 5.04. The molecule has 0 atom stereocenters. The van der Waals surface area contributed by atoms with Crippen molar-refractivity contribution in [2.45, 2.75) is 40.2 Å². The molecule has 1 rings (SSSR count). The molecule has 3 nitrogen and oxygen atoms in total. The van der Waals surface area contributed by atoms with Gasteiger partial charge in [-0.1, -0.05) is 19.9 Å². The Hall–Kier alpha value is -1.35. The van der Waals surface area contributed by atoms with Crippen LogP contribution in [0, 0.1) is 12.8 Å². The van der Waals surface area contributed by atoms with Crippen LogP contribution < -0.4 is 0 Å². The molecule has 0 unspecified atom stereocenters. The molecule has 0 saturated carbocycles. The number of ether oxygens (including phenoxy) is 1. The number of rotatable bonds is 7. The van der Waals surface area contributed by atoms with Crippen molar-refractivity contribution in [1.82, 2.24) is 0 Å². The van der Waals surface area contributed by atoms with Gasteiger partial charge in [-0.3, -0.25) is 0 Å². The molecule has 0 aliphatic rings. The summed E-state index contributed by atoms with van der Waals surface area (Å²) in [7, 11) is 0. The first-order chi connectivity index (χ1) is 8.50. The molecule has 1 aromatic carbocycles. The topological polar surface area (TPSA) is 46.5 Å². The highest BCUT2D eigenvalue weighted by molar-refractivity contribution is 5.87. The first kappa shape index (κ1) is 14.7. The summed E-state index contributed by atoms with van der Waals surface area (Å²) in [6, 6.07) is 5.15. The summed E-state index contributed by atoms with van der Waals surface area (Å²) >= 11 is 0.